The molecule has 1 fully saturated rings. The number of fused-ring (bicyclic) bond motifs is 1. The average Bonchev–Trinajstić information content (AvgIpc) is 3.53. The van der Waals surface area contributed by atoms with Gasteiger partial charge in [0.1, 0.15) is 10.6 Å². The summed E-state index contributed by atoms with van der Waals surface area (Å²) >= 11 is 1.36. The Hall–Kier alpha value is -3.10. The van der Waals surface area contributed by atoms with Crippen molar-refractivity contribution in [2.45, 2.75) is 45.9 Å². The minimum atomic E-state index is -0.337. The summed E-state index contributed by atoms with van der Waals surface area (Å²) in [5, 5.41) is 2.29. The number of thiophene rings is 1. The summed E-state index contributed by atoms with van der Waals surface area (Å²) in [5.74, 6) is -0.472. The van der Waals surface area contributed by atoms with Crippen LogP contribution in [0.3, 0.4) is 0 Å². The van der Waals surface area contributed by atoms with E-state index >= 15 is 0 Å². The van der Waals surface area contributed by atoms with Crippen LogP contribution in [0, 0.1) is 19.7 Å². The quantitative estimate of drug-likeness (QED) is 0.386. The molecule has 3 aromatic heterocycles. The molecule has 5 rings (SSSR count). The van der Waals surface area contributed by atoms with Crippen LogP contribution in [0.15, 0.2) is 46.8 Å². The van der Waals surface area contributed by atoms with Crippen molar-refractivity contribution in [2.24, 2.45) is 0 Å². The summed E-state index contributed by atoms with van der Waals surface area (Å²) in [7, 11) is 0. The lowest BCUT2D eigenvalue weighted by molar-refractivity contribution is 0.0948. The predicted molar refractivity (Wildman–Crippen MR) is 126 cm³/mol. The average molecular weight is 466 g/mol. The molecule has 1 aliphatic heterocycles. The van der Waals surface area contributed by atoms with Crippen LogP contribution in [0.2, 0.25) is 0 Å². The molecule has 4 aromatic rings. The van der Waals surface area contributed by atoms with Crippen molar-refractivity contribution in [1.82, 2.24) is 14.1 Å². The SMILES string of the molecule is Cc1cc(C(=O)Cn2cnc3scc(-c4ccc(F)cc4)c3c2=O)c(C)n1C[C@H]1CCCO1. The van der Waals surface area contributed by atoms with Crippen LogP contribution >= 0.6 is 11.3 Å². The molecule has 6 nitrogen and oxygen atoms in total. The lowest BCUT2D eigenvalue weighted by Gasteiger charge is -2.14. The van der Waals surface area contributed by atoms with Crippen LogP contribution in [-0.2, 0) is 17.8 Å². The lowest BCUT2D eigenvalue weighted by Crippen LogP contribution is -2.25. The van der Waals surface area contributed by atoms with Crippen LogP contribution in [0.25, 0.3) is 21.3 Å². The van der Waals surface area contributed by atoms with Crippen LogP contribution in [-0.4, -0.2) is 32.6 Å². The van der Waals surface area contributed by atoms with Gasteiger partial charge in [-0.25, -0.2) is 9.37 Å². The number of aromatic nitrogens is 3. The van der Waals surface area contributed by atoms with Crippen molar-refractivity contribution >= 4 is 27.3 Å². The number of ketones is 1. The molecule has 0 N–H and O–H groups in total. The van der Waals surface area contributed by atoms with Gasteiger partial charge in [-0.15, -0.1) is 11.3 Å². The molecule has 8 heteroatoms. The molecule has 0 saturated carbocycles. The third kappa shape index (κ3) is 4.05. The number of ether oxygens (including phenoxy) is 1. The van der Waals surface area contributed by atoms with E-state index in [9.17, 15) is 14.0 Å². The van der Waals surface area contributed by atoms with Crippen molar-refractivity contribution in [3.8, 4) is 11.1 Å². The zero-order valence-corrected chi connectivity index (χ0v) is 19.3. The summed E-state index contributed by atoms with van der Waals surface area (Å²) in [4.78, 5) is 31.5. The molecule has 4 heterocycles. The standard InChI is InChI=1S/C25H24FN3O3S/c1-15-10-20(16(2)29(15)11-19-4-3-9-32-19)22(30)12-28-14-27-24-23(25(28)31)21(13-33-24)17-5-7-18(26)8-6-17/h5-8,10,13-14,19H,3-4,9,11-12H2,1-2H3/t19-/m1/s1. The van der Waals surface area contributed by atoms with Gasteiger partial charge < -0.3 is 9.30 Å². The number of benzene rings is 1. The monoisotopic (exact) mass is 465 g/mol. The molecule has 1 aliphatic rings. The molecule has 0 radical (unpaired) electrons. The number of carbonyl (C=O) groups is 1. The highest BCUT2D eigenvalue weighted by atomic mass is 32.1. The molecule has 1 aromatic carbocycles. The van der Waals surface area contributed by atoms with E-state index in [0.717, 1.165) is 42.9 Å². The van der Waals surface area contributed by atoms with Gasteiger partial charge in [-0.2, -0.15) is 0 Å². The number of carbonyl (C=O) groups excluding carboxylic acids is 1. The Morgan fingerprint density at radius 2 is 2.06 bits per heavy atom. The van der Waals surface area contributed by atoms with Crippen molar-refractivity contribution in [3.63, 3.8) is 0 Å². The summed E-state index contributed by atoms with van der Waals surface area (Å²) in [6.45, 7) is 5.35. The maximum Gasteiger partial charge on any atom is 0.263 e. The minimum Gasteiger partial charge on any atom is -0.376 e. The highest BCUT2D eigenvalue weighted by Gasteiger charge is 2.22. The molecule has 0 spiro atoms. The van der Waals surface area contributed by atoms with Crippen LogP contribution in [0.4, 0.5) is 4.39 Å². The normalized spacial score (nSPS) is 16.0. The largest absolute Gasteiger partial charge is 0.376 e. The van der Waals surface area contributed by atoms with E-state index in [0.29, 0.717) is 21.3 Å². The van der Waals surface area contributed by atoms with Crippen LogP contribution < -0.4 is 5.56 Å². The van der Waals surface area contributed by atoms with E-state index in [4.69, 9.17) is 4.74 Å². The van der Waals surface area contributed by atoms with Crippen molar-refractivity contribution in [3.05, 3.63) is 75.2 Å². The van der Waals surface area contributed by atoms with E-state index in [1.807, 2.05) is 25.3 Å². The fourth-order valence-corrected chi connectivity index (χ4v) is 5.42. The number of hydrogen-bond donors (Lipinski definition) is 0. The van der Waals surface area contributed by atoms with Gasteiger partial charge in [0.05, 0.1) is 24.4 Å². The van der Waals surface area contributed by atoms with Crippen LogP contribution in [0.1, 0.15) is 34.6 Å². The van der Waals surface area contributed by atoms with Crippen LogP contribution in [0.5, 0.6) is 0 Å². The molecular formula is C25H24FN3O3S. The van der Waals surface area contributed by atoms with E-state index in [-0.39, 0.29) is 29.8 Å². The van der Waals surface area contributed by atoms with Crippen molar-refractivity contribution in [2.75, 3.05) is 6.61 Å². The van der Waals surface area contributed by atoms with Gasteiger partial charge in [0.25, 0.3) is 5.56 Å². The molecule has 0 bridgehead atoms. The van der Waals surface area contributed by atoms with Gasteiger partial charge >= 0.3 is 0 Å². The summed E-state index contributed by atoms with van der Waals surface area (Å²) < 4.78 is 22.6. The second-order valence-corrected chi connectivity index (χ2v) is 9.33. The van der Waals surface area contributed by atoms with Crippen molar-refractivity contribution in [1.29, 1.82) is 0 Å². The molecule has 33 heavy (non-hydrogen) atoms. The summed E-state index contributed by atoms with van der Waals surface area (Å²) in [6, 6.07) is 7.90. The third-order valence-electron chi connectivity index (χ3n) is 6.31. The number of nitrogens with zero attached hydrogens (tertiary/aromatic N) is 3. The van der Waals surface area contributed by atoms with Gasteiger partial charge in [0.15, 0.2) is 5.78 Å². The van der Waals surface area contributed by atoms with E-state index in [1.54, 1.807) is 12.1 Å². The fraction of sp³-hybridized carbons (Fsp3) is 0.320. The van der Waals surface area contributed by atoms with Gasteiger partial charge in [-0.1, -0.05) is 12.1 Å². The first-order valence-corrected chi connectivity index (χ1v) is 11.8. The highest BCUT2D eigenvalue weighted by Crippen LogP contribution is 2.30. The first-order valence-electron chi connectivity index (χ1n) is 11.0. The summed E-state index contributed by atoms with van der Waals surface area (Å²) in [6.07, 6.45) is 3.70. The Morgan fingerprint density at radius 3 is 2.79 bits per heavy atom. The fourth-order valence-electron chi connectivity index (χ4n) is 4.52. The maximum atomic E-state index is 13.3. The first-order chi connectivity index (χ1) is 15.9. The molecule has 1 atom stereocenters. The Balaban J connectivity index is 1.45. The lowest BCUT2D eigenvalue weighted by atomic mass is 10.1. The Kier molecular flexibility index (Phi) is 5.72. The molecule has 0 amide bonds. The molecular weight excluding hydrogens is 441 g/mol. The predicted octanol–water partition coefficient (Wildman–Crippen LogP) is 4.74. The number of rotatable bonds is 6. The molecule has 170 valence electrons. The molecule has 0 unspecified atom stereocenters. The van der Waals surface area contributed by atoms with Gasteiger partial charge in [0, 0.05) is 41.0 Å². The number of aryl methyl sites for hydroxylation is 1. The molecule has 0 aliphatic carbocycles. The van der Waals surface area contributed by atoms with E-state index in [1.165, 1.54) is 34.4 Å². The Bertz CT molecular complexity index is 1400. The zero-order chi connectivity index (χ0) is 23.1. The second kappa shape index (κ2) is 8.68. The first kappa shape index (κ1) is 21.7. The van der Waals surface area contributed by atoms with E-state index in [2.05, 4.69) is 9.55 Å². The number of halogens is 1. The molecule has 1 saturated heterocycles. The zero-order valence-electron chi connectivity index (χ0n) is 18.5. The maximum absolute atomic E-state index is 13.3. The number of Topliss-reactive ketones (excluding diaryl/α,β-unsaturated/α-hetero) is 1. The minimum absolute atomic E-state index is 0.0926. The second-order valence-electron chi connectivity index (χ2n) is 8.47. The topological polar surface area (TPSA) is 66.1 Å². The summed E-state index contributed by atoms with van der Waals surface area (Å²) in [5.41, 5.74) is 3.66. The smallest absolute Gasteiger partial charge is 0.263 e. The van der Waals surface area contributed by atoms with Crippen molar-refractivity contribution < 1.29 is 13.9 Å². The Morgan fingerprint density at radius 1 is 1.27 bits per heavy atom. The highest BCUT2D eigenvalue weighted by molar-refractivity contribution is 7.17. The van der Waals surface area contributed by atoms with Gasteiger partial charge in [-0.05, 0) is 50.5 Å². The third-order valence-corrected chi connectivity index (χ3v) is 7.20. The van der Waals surface area contributed by atoms with E-state index < -0.39 is 0 Å². The Labute approximate surface area is 194 Å². The number of hydrogen-bond acceptors (Lipinski definition) is 5. The van der Waals surface area contributed by atoms with Gasteiger partial charge in [0.2, 0.25) is 0 Å². The van der Waals surface area contributed by atoms with Gasteiger partial charge in [-0.3, -0.25) is 14.2 Å².